The highest BCUT2D eigenvalue weighted by molar-refractivity contribution is 6.14. The van der Waals surface area contributed by atoms with Crippen LogP contribution in [-0.4, -0.2) is 15.0 Å². The third-order valence-corrected chi connectivity index (χ3v) is 18.9. The Morgan fingerprint density at radius 1 is 0.357 bits per heavy atom. The summed E-state index contributed by atoms with van der Waals surface area (Å²) in [7, 11) is 0. The van der Waals surface area contributed by atoms with E-state index in [0.29, 0.717) is 11.1 Å². The second kappa shape index (κ2) is 20.8. The summed E-state index contributed by atoms with van der Waals surface area (Å²) in [5.41, 5.74) is 22.6. The SMILES string of the molecule is CC1(C)Cc2cc3cc(c2)CC(C)(C)c2ccc(cc2)-c2ccc(cn2)C(C)(C)Cc2cc(cc(c2)CC(C)(C)c2ccc(nc2)-c2ccc(c4c2oc2c(-c5ccccc5)c(F)ccc24)CC3)CC(C)(C)c2ccc(nc2)-c2ccc1cc2. The molecule has 0 spiro atoms. The topological polar surface area (TPSA) is 51.8 Å². The number of benzene rings is 7. The van der Waals surface area contributed by atoms with E-state index >= 15 is 4.39 Å². The molecule has 4 nitrogen and oxygen atoms in total. The zero-order chi connectivity index (χ0) is 58.3. The highest BCUT2D eigenvalue weighted by Crippen LogP contribution is 2.44. The molecule has 0 radical (unpaired) electrons. The summed E-state index contributed by atoms with van der Waals surface area (Å²) in [4.78, 5) is 15.6. The lowest BCUT2D eigenvalue weighted by molar-refractivity contribution is 0.505. The minimum absolute atomic E-state index is 0.174. The highest BCUT2D eigenvalue weighted by Gasteiger charge is 2.30. The third kappa shape index (κ3) is 10.6. The van der Waals surface area contributed by atoms with Gasteiger partial charge in [0.2, 0.25) is 0 Å². The summed E-state index contributed by atoms with van der Waals surface area (Å²) >= 11 is 0. The molecule has 5 heteroatoms. The van der Waals surface area contributed by atoms with Crippen LogP contribution < -0.4 is 0 Å². The van der Waals surface area contributed by atoms with Crippen LogP contribution in [0.15, 0.2) is 199 Å². The Hall–Kier alpha value is -8.28. The van der Waals surface area contributed by atoms with Gasteiger partial charge in [-0.3, -0.25) is 15.0 Å². The molecule has 32 rings (SSSR count). The van der Waals surface area contributed by atoms with Gasteiger partial charge in [-0.15, -0.1) is 0 Å². The van der Waals surface area contributed by atoms with Gasteiger partial charge in [0, 0.05) is 46.1 Å². The van der Waals surface area contributed by atoms with E-state index in [2.05, 4.69) is 221 Å². The van der Waals surface area contributed by atoms with Gasteiger partial charge in [-0.05, 0) is 181 Å². The maximum atomic E-state index is 16.3. The van der Waals surface area contributed by atoms with E-state index in [1.165, 1.54) is 55.6 Å². The summed E-state index contributed by atoms with van der Waals surface area (Å²) < 4.78 is 23.4. The molecule has 11 aromatic rings. The number of hydrogen-bond acceptors (Lipinski definition) is 4. The molecule has 0 saturated carbocycles. The van der Waals surface area contributed by atoms with Crippen LogP contribution >= 0.6 is 0 Å². The average Bonchev–Trinajstić information content (AvgIpc) is 2.77. The first-order chi connectivity index (χ1) is 40.1. The fourth-order valence-electron chi connectivity index (χ4n) is 14.0. The fourth-order valence-corrected chi connectivity index (χ4v) is 14.0. The number of hydrogen-bond donors (Lipinski definition) is 0. The van der Waals surface area contributed by atoms with Gasteiger partial charge in [0.25, 0.3) is 0 Å². The maximum absolute atomic E-state index is 16.3. The van der Waals surface area contributed by atoms with Crippen LogP contribution in [-0.2, 0) is 72.0 Å². The van der Waals surface area contributed by atoms with Crippen molar-refractivity contribution in [1.82, 2.24) is 15.0 Å². The largest absolute Gasteiger partial charge is 0.455 e. The first-order valence-electron chi connectivity index (χ1n) is 30.2. The lowest BCUT2D eigenvalue weighted by Crippen LogP contribution is -2.24. The minimum atomic E-state index is -0.308. The number of rotatable bonds is 1. The molecule has 18 bridgehead atoms. The number of furan rings is 1. The van der Waals surface area contributed by atoms with Crippen molar-refractivity contribution in [3.63, 3.8) is 0 Å². The average molecular weight is 1100 g/mol. The van der Waals surface area contributed by atoms with E-state index in [0.717, 1.165) is 112 Å². The van der Waals surface area contributed by atoms with Gasteiger partial charge in [0.1, 0.15) is 17.0 Å². The van der Waals surface area contributed by atoms with Crippen molar-refractivity contribution in [2.45, 2.75) is 141 Å². The highest BCUT2D eigenvalue weighted by atomic mass is 19.1. The van der Waals surface area contributed by atoms with Crippen molar-refractivity contribution in [2.24, 2.45) is 0 Å². The van der Waals surface area contributed by atoms with Crippen molar-refractivity contribution >= 4 is 21.9 Å². The van der Waals surface area contributed by atoms with Crippen LogP contribution in [0.25, 0.3) is 66.8 Å². The van der Waals surface area contributed by atoms with Gasteiger partial charge >= 0.3 is 0 Å². The zero-order valence-corrected chi connectivity index (χ0v) is 50.6. The lowest BCUT2D eigenvalue weighted by Gasteiger charge is -2.30. The third-order valence-electron chi connectivity index (χ3n) is 18.9. The standard InChI is InChI=1S/C79H76FN3O/c1-75(2)42-51-36-50-16-17-59-22-30-65(73-71(59)66-31-32-67(80)72(74(66)84-73)58-14-12-11-13-15-58)70-35-29-64(49-83-70)79(9,10)46-55-40-53(44-77(5,6)62-27-33-68(81-47-62)56-18-23-60(75)24-19-56)39-54(41-55)45-78(7,8)63-28-34-69(82-48-63)57-20-25-61(26-21-57)76(3,4)43-52(37-50)38-51/h11-15,18-41,47-49H,16-17,42-46H2,1-10H3. The molecule has 4 aromatic heterocycles. The van der Waals surface area contributed by atoms with Crippen LogP contribution in [0.2, 0.25) is 0 Å². The van der Waals surface area contributed by atoms with Gasteiger partial charge in [0.15, 0.2) is 0 Å². The number of aromatic nitrogens is 3. The molecule has 0 fully saturated rings. The summed E-state index contributed by atoms with van der Waals surface area (Å²) in [6.07, 6.45) is 12.1. The van der Waals surface area contributed by atoms with Crippen LogP contribution in [0, 0.1) is 5.82 Å². The Labute approximate surface area is 496 Å². The molecule has 7 aromatic carbocycles. The summed E-state index contributed by atoms with van der Waals surface area (Å²) in [5.74, 6) is -0.308. The van der Waals surface area contributed by atoms with E-state index in [-0.39, 0.29) is 32.9 Å². The summed E-state index contributed by atoms with van der Waals surface area (Å²) in [6, 6.07) is 64.1. The van der Waals surface area contributed by atoms with E-state index in [1.807, 2.05) is 36.4 Å². The van der Waals surface area contributed by atoms with E-state index in [4.69, 9.17) is 19.4 Å². The van der Waals surface area contributed by atoms with Gasteiger partial charge in [-0.1, -0.05) is 209 Å². The van der Waals surface area contributed by atoms with Crippen LogP contribution in [0.3, 0.4) is 0 Å². The normalized spacial score (nSPS) is 16.9. The molecular weight excluding hydrogens is 1030 g/mol. The first-order valence-corrected chi connectivity index (χ1v) is 30.2. The molecule has 16 heterocycles. The molecule has 21 aliphatic rings. The van der Waals surface area contributed by atoms with E-state index in [9.17, 15) is 0 Å². The first kappa shape index (κ1) is 54.9. The Morgan fingerprint density at radius 2 is 0.762 bits per heavy atom. The minimum Gasteiger partial charge on any atom is -0.455 e. The number of pyridine rings is 3. The molecule has 0 amide bonds. The van der Waals surface area contributed by atoms with Crippen LogP contribution in [0.4, 0.5) is 4.39 Å². The van der Waals surface area contributed by atoms with E-state index in [1.54, 1.807) is 6.07 Å². The Kier molecular flexibility index (Phi) is 13.6. The number of aryl methyl sites for hydroxylation is 2. The lowest BCUT2D eigenvalue weighted by atomic mass is 9.75. The number of fused-ring (bicyclic) bond motifs is 1. The fraction of sp³-hybridized carbons (Fsp3) is 0.278. The monoisotopic (exact) mass is 1100 g/mol. The van der Waals surface area contributed by atoms with Crippen molar-refractivity contribution in [3.8, 4) is 44.9 Å². The molecule has 84 heavy (non-hydrogen) atoms. The predicted octanol–water partition coefficient (Wildman–Crippen LogP) is 19.6. The molecule has 0 unspecified atom stereocenters. The quantitative estimate of drug-likeness (QED) is 0.164. The smallest absolute Gasteiger partial charge is 0.146 e. The van der Waals surface area contributed by atoms with Crippen molar-refractivity contribution in [3.05, 3.63) is 267 Å². The predicted molar refractivity (Wildman–Crippen MR) is 346 cm³/mol. The van der Waals surface area contributed by atoms with Crippen LogP contribution in [0.5, 0.6) is 0 Å². The van der Waals surface area contributed by atoms with Gasteiger partial charge in [0.05, 0.1) is 22.6 Å². The maximum Gasteiger partial charge on any atom is 0.146 e. The van der Waals surface area contributed by atoms with Crippen molar-refractivity contribution < 1.29 is 8.81 Å². The number of nitrogens with zero attached hydrogens (tertiary/aromatic N) is 3. The van der Waals surface area contributed by atoms with Crippen molar-refractivity contribution in [2.75, 3.05) is 0 Å². The Morgan fingerprint density at radius 3 is 1.19 bits per heavy atom. The molecule has 420 valence electrons. The van der Waals surface area contributed by atoms with E-state index < -0.39 is 0 Å². The summed E-state index contributed by atoms with van der Waals surface area (Å²) in [6.45, 7) is 23.6. The molecule has 9 aliphatic carbocycles. The second-order valence-corrected chi connectivity index (χ2v) is 27.8. The molecular formula is C79H76FN3O. The Balaban J connectivity index is 1.02. The van der Waals surface area contributed by atoms with Gasteiger partial charge in [-0.25, -0.2) is 4.39 Å². The molecule has 12 aliphatic heterocycles. The Bertz CT molecular complexity index is 4100. The van der Waals surface area contributed by atoms with Gasteiger partial charge in [-0.2, -0.15) is 0 Å². The molecule has 0 atom stereocenters. The molecule has 0 saturated heterocycles. The van der Waals surface area contributed by atoms with Gasteiger partial charge < -0.3 is 4.42 Å². The number of halogens is 1. The second-order valence-electron chi connectivity index (χ2n) is 27.8. The molecule has 0 N–H and O–H groups in total. The summed E-state index contributed by atoms with van der Waals surface area (Å²) in [5, 5.41) is 1.91. The van der Waals surface area contributed by atoms with Crippen molar-refractivity contribution in [1.29, 1.82) is 0 Å². The van der Waals surface area contributed by atoms with Crippen LogP contribution in [0.1, 0.15) is 136 Å². The zero-order valence-electron chi connectivity index (χ0n) is 50.6.